The molecule has 0 aliphatic rings. The molecule has 0 saturated carbocycles. The quantitative estimate of drug-likeness (QED) is 0.225. The summed E-state index contributed by atoms with van der Waals surface area (Å²) in [6.45, 7) is 14.4. The van der Waals surface area contributed by atoms with Gasteiger partial charge in [-0.05, 0) is 18.5 Å². The third kappa shape index (κ3) is 8.18. The average molecular weight is 256 g/mol. The SMILES string of the molecule is C=C/C=C(\CC)N(COCC[Si](C)(C)C)NC. The van der Waals surface area contributed by atoms with E-state index in [-0.39, 0.29) is 0 Å². The Hall–Kier alpha value is -0.583. The molecular weight excluding hydrogens is 228 g/mol. The number of rotatable bonds is 9. The van der Waals surface area contributed by atoms with Crippen molar-refractivity contribution in [1.82, 2.24) is 10.4 Å². The fourth-order valence-corrected chi connectivity index (χ4v) is 2.12. The molecule has 0 aromatic heterocycles. The molecule has 100 valence electrons. The molecule has 0 aromatic rings. The summed E-state index contributed by atoms with van der Waals surface area (Å²) in [7, 11) is 0.926. The Kier molecular flexibility index (Phi) is 8.21. The van der Waals surface area contributed by atoms with E-state index in [1.807, 2.05) is 24.2 Å². The molecule has 0 spiro atoms. The highest BCUT2D eigenvalue weighted by molar-refractivity contribution is 6.76. The summed E-state index contributed by atoms with van der Waals surface area (Å²) in [5.41, 5.74) is 4.33. The summed E-state index contributed by atoms with van der Waals surface area (Å²) >= 11 is 0. The van der Waals surface area contributed by atoms with Gasteiger partial charge in [0.15, 0.2) is 0 Å². The molecule has 0 fully saturated rings. The predicted octanol–water partition coefficient (Wildman–Crippen LogP) is 3.22. The molecule has 0 aliphatic carbocycles. The fourth-order valence-electron chi connectivity index (χ4n) is 1.36. The zero-order chi connectivity index (χ0) is 13.3. The molecule has 3 nitrogen and oxygen atoms in total. The molecule has 0 atom stereocenters. The van der Waals surface area contributed by atoms with Crippen LogP contribution in [0.5, 0.6) is 0 Å². The van der Waals surface area contributed by atoms with E-state index in [0.717, 1.165) is 13.0 Å². The van der Waals surface area contributed by atoms with Crippen LogP contribution in [-0.4, -0.2) is 33.5 Å². The van der Waals surface area contributed by atoms with Crippen molar-refractivity contribution in [2.45, 2.75) is 39.0 Å². The third-order valence-electron chi connectivity index (χ3n) is 2.51. The maximum Gasteiger partial charge on any atom is 0.132 e. The Bertz CT molecular complexity index is 246. The number of hydrogen-bond donors (Lipinski definition) is 1. The highest BCUT2D eigenvalue weighted by atomic mass is 28.3. The minimum Gasteiger partial charge on any atom is -0.360 e. The van der Waals surface area contributed by atoms with Gasteiger partial charge in [-0.3, -0.25) is 5.01 Å². The summed E-state index contributed by atoms with van der Waals surface area (Å²) in [6, 6.07) is 1.21. The average Bonchev–Trinajstić information content (AvgIpc) is 2.25. The second-order valence-electron chi connectivity index (χ2n) is 5.25. The maximum absolute atomic E-state index is 5.71. The van der Waals surface area contributed by atoms with Crippen LogP contribution in [0.25, 0.3) is 0 Å². The van der Waals surface area contributed by atoms with Crippen LogP contribution >= 0.6 is 0 Å². The highest BCUT2D eigenvalue weighted by Gasteiger charge is 2.12. The number of ether oxygens (including phenoxy) is 1. The Morgan fingerprint density at radius 3 is 2.47 bits per heavy atom. The van der Waals surface area contributed by atoms with Crippen molar-refractivity contribution in [3.05, 3.63) is 24.4 Å². The Morgan fingerprint density at radius 1 is 1.41 bits per heavy atom. The second-order valence-corrected chi connectivity index (χ2v) is 10.9. The molecule has 0 heterocycles. The molecule has 1 N–H and O–H groups in total. The molecule has 0 amide bonds. The fraction of sp³-hybridized carbons (Fsp3) is 0.692. The largest absolute Gasteiger partial charge is 0.360 e. The van der Waals surface area contributed by atoms with E-state index in [4.69, 9.17) is 4.74 Å². The lowest BCUT2D eigenvalue weighted by Gasteiger charge is -2.26. The van der Waals surface area contributed by atoms with E-state index in [9.17, 15) is 0 Å². The van der Waals surface area contributed by atoms with E-state index in [2.05, 4.69) is 38.6 Å². The molecule has 0 aliphatic heterocycles. The number of allylic oxidation sites excluding steroid dienone is 3. The van der Waals surface area contributed by atoms with Gasteiger partial charge in [0.1, 0.15) is 6.73 Å². The summed E-state index contributed by atoms with van der Waals surface area (Å²) in [5, 5.41) is 2.02. The molecule has 0 saturated heterocycles. The molecule has 0 unspecified atom stereocenters. The molecule has 0 aromatic carbocycles. The highest BCUT2D eigenvalue weighted by Crippen LogP contribution is 2.09. The first-order valence-corrected chi connectivity index (χ1v) is 9.99. The Labute approximate surface area is 108 Å². The summed E-state index contributed by atoms with van der Waals surface area (Å²) in [6.07, 6.45) is 4.79. The van der Waals surface area contributed by atoms with Crippen molar-refractivity contribution in [2.75, 3.05) is 20.4 Å². The van der Waals surface area contributed by atoms with Crippen molar-refractivity contribution >= 4 is 8.07 Å². The molecule has 0 rings (SSSR count). The number of nitrogens with zero attached hydrogens (tertiary/aromatic N) is 1. The van der Waals surface area contributed by atoms with Gasteiger partial charge in [0.2, 0.25) is 0 Å². The molecule has 0 radical (unpaired) electrons. The van der Waals surface area contributed by atoms with Gasteiger partial charge in [0, 0.05) is 27.4 Å². The molecule has 17 heavy (non-hydrogen) atoms. The van der Waals surface area contributed by atoms with E-state index < -0.39 is 8.07 Å². The number of nitrogens with one attached hydrogen (secondary N) is 1. The van der Waals surface area contributed by atoms with E-state index >= 15 is 0 Å². The van der Waals surface area contributed by atoms with Gasteiger partial charge in [0.05, 0.1) is 0 Å². The Balaban J connectivity index is 4.06. The maximum atomic E-state index is 5.71. The lowest BCUT2D eigenvalue weighted by molar-refractivity contribution is 0.0307. The van der Waals surface area contributed by atoms with Gasteiger partial charge >= 0.3 is 0 Å². The summed E-state index contributed by atoms with van der Waals surface area (Å²) in [4.78, 5) is 0. The van der Waals surface area contributed by atoms with Gasteiger partial charge in [-0.1, -0.05) is 39.2 Å². The van der Waals surface area contributed by atoms with Crippen LogP contribution < -0.4 is 5.43 Å². The number of hydrogen-bond acceptors (Lipinski definition) is 3. The first-order chi connectivity index (χ1) is 7.94. The van der Waals surface area contributed by atoms with E-state index in [0.29, 0.717) is 6.73 Å². The van der Waals surface area contributed by atoms with Gasteiger partial charge in [-0.15, -0.1) is 0 Å². The van der Waals surface area contributed by atoms with Crippen molar-refractivity contribution in [3.8, 4) is 0 Å². The van der Waals surface area contributed by atoms with Crippen molar-refractivity contribution in [1.29, 1.82) is 0 Å². The smallest absolute Gasteiger partial charge is 0.132 e. The van der Waals surface area contributed by atoms with Gasteiger partial charge in [0.25, 0.3) is 0 Å². The second kappa shape index (κ2) is 8.50. The van der Waals surface area contributed by atoms with Crippen LogP contribution in [0, 0.1) is 0 Å². The van der Waals surface area contributed by atoms with Crippen LogP contribution in [0.4, 0.5) is 0 Å². The van der Waals surface area contributed by atoms with Gasteiger partial charge in [-0.2, -0.15) is 0 Å². The molecule has 4 heteroatoms. The standard InChI is InChI=1S/C13H28N2OSi/c1-7-9-13(8-2)15(14-3)12-16-10-11-17(4,5)6/h7,9,14H,1,8,10-12H2,2-6H3/b13-9+. The van der Waals surface area contributed by atoms with Crippen molar-refractivity contribution < 1.29 is 4.74 Å². The van der Waals surface area contributed by atoms with Gasteiger partial charge < -0.3 is 4.74 Å². The van der Waals surface area contributed by atoms with Crippen molar-refractivity contribution in [2.24, 2.45) is 0 Å². The van der Waals surface area contributed by atoms with Gasteiger partial charge in [-0.25, -0.2) is 5.43 Å². The Morgan fingerprint density at radius 2 is 2.06 bits per heavy atom. The lowest BCUT2D eigenvalue weighted by Crippen LogP contribution is -2.36. The number of hydrazine groups is 1. The van der Waals surface area contributed by atoms with Crippen LogP contribution in [0.3, 0.4) is 0 Å². The predicted molar refractivity (Wildman–Crippen MR) is 78.4 cm³/mol. The van der Waals surface area contributed by atoms with E-state index in [1.54, 1.807) is 0 Å². The first-order valence-electron chi connectivity index (χ1n) is 6.29. The summed E-state index contributed by atoms with van der Waals surface area (Å²) in [5.74, 6) is 0. The molecular formula is C13H28N2OSi. The van der Waals surface area contributed by atoms with Crippen LogP contribution in [0.15, 0.2) is 24.4 Å². The van der Waals surface area contributed by atoms with Crippen LogP contribution in [0.1, 0.15) is 13.3 Å². The monoisotopic (exact) mass is 256 g/mol. The van der Waals surface area contributed by atoms with Crippen LogP contribution in [0.2, 0.25) is 25.7 Å². The lowest BCUT2D eigenvalue weighted by atomic mass is 10.3. The first kappa shape index (κ1) is 16.4. The van der Waals surface area contributed by atoms with E-state index in [1.165, 1.54) is 11.7 Å². The van der Waals surface area contributed by atoms with Crippen molar-refractivity contribution in [3.63, 3.8) is 0 Å². The minimum atomic E-state index is -0.985. The van der Waals surface area contributed by atoms with Crippen LogP contribution in [-0.2, 0) is 4.74 Å². The third-order valence-corrected chi connectivity index (χ3v) is 4.21. The zero-order valence-corrected chi connectivity index (χ0v) is 13.0. The molecule has 0 bridgehead atoms. The summed E-state index contributed by atoms with van der Waals surface area (Å²) < 4.78 is 5.71. The zero-order valence-electron chi connectivity index (χ0n) is 12.0. The minimum absolute atomic E-state index is 0.592. The normalized spacial score (nSPS) is 12.6. The topological polar surface area (TPSA) is 24.5 Å².